The van der Waals surface area contributed by atoms with Crippen molar-refractivity contribution < 1.29 is 19.0 Å². The van der Waals surface area contributed by atoms with Crippen LogP contribution in [-0.2, 0) is 17.8 Å². The van der Waals surface area contributed by atoms with Gasteiger partial charge < -0.3 is 19.5 Å². The van der Waals surface area contributed by atoms with Gasteiger partial charge in [-0.2, -0.15) is 0 Å². The highest BCUT2D eigenvalue weighted by molar-refractivity contribution is 7.10. The van der Waals surface area contributed by atoms with Gasteiger partial charge in [-0.05, 0) is 35.9 Å². The number of nitrogens with zero attached hydrogens (tertiary/aromatic N) is 1. The van der Waals surface area contributed by atoms with Gasteiger partial charge in [0.25, 0.3) is 0 Å². The number of benzene rings is 1. The molecule has 28 heavy (non-hydrogen) atoms. The van der Waals surface area contributed by atoms with Gasteiger partial charge in [0.05, 0.1) is 27.9 Å². The number of nitrogens with one attached hydrogen (secondary N) is 1. The predicted molar refractivity (Wildman–Crippen MR) is 111 cm³/mol. The van der Waals surface area contributed by atoms with Gasteiger partial charge in [0, 0.05) is 35.6 Å². The van der Waals surface area contributed by atoms with Gasteiger partial charge in [-0.15, -0.1) is 11.3 Å². The van der Waals surface area contributed by atoms with E-state index < -0.39 is 0 Å². The molecule has 1 amide bonds. The number of methoxy groups -OCH3 is 3. The molecule has 0 saturated carbocycles. The highest BCUT2D eigenvalue weighted by Gasteiger charge is 2.28. The molecule has 3 rings (SSSR count). The molecule has 0 aliphatic carbocycles. The fourth-order valence-corrected chi connectivity index (χ4v) is 4.71. The number of carbonyl (C=O) groups is 1. The van der Waals surface area contributed by atoms with Crippen molar-refractivity contribution >= 4 is 17.2 Å². The van der Waals surface area contributed by atoms with Crippen molar-refractivity contribution in [3.05, 3.63) is 39.6 Å². The molecule has 152 valence electrons. The minimum Gasteiger partial charge on any atom is -0.496 e. The van der Waals surface area contributed by atoms with Crippen LogP contribution in [-0.4, -0.2) is 45.2 Å². The number of ether oxygens (including phenoxy) is 3. The van der Waals surface area contributed by atoms with E-state index >= 15 is 0 Å². The maximum Gasteiger partial charge on any atom is 0.234 e. The van der Waals surface area contributed by atoms with E-state index in [-0.39, 0.29) is 5.91 Å². The number of rotatable bonds is 8. The summed E-state index contributed by atoms with van der Waals surface area (Å²) in [7, 11) is 4.78. The lowest BCUT2D eigenvalue weighted by Gasteiger charge is -2.34. The SMILES string of the molecule is CCC1c2ccsc2CCN1CC(=O)NCc1cc(OC)c(OC)cc1OC. The Labute approximate surface area is 170 Å². The van der Waals surface area contributed by atoms with Crippen LogP contribution in [0.25, 0.3) is 0 Å². The Morgan fingerprint density at radius 1 is 1.18 bits per heavy atom. The molecule has 1 unspecified atom stereocenters. The quantitative estimate of drug-likeness (QED) is 0.731. The molecule has 0 radical (unpaired) electrons. The molecule has 1 aromatic heterocycles. The average molecular weight is 405 g/mol. The summed E-state index contributed by atoms with van der Waals surface area (Å²) in [6, 6.07) is 6.13. The molecule has 1 atom stereocenters. The average Bonchev–Trinajstić information content (AvgIpc) is 3.20. The van der Waals surface area contributed by atoms with Gasteiger partial charge in [0.15, 0.2) is 11.5 Å². The van der Waals surface area contributed by atoms with Crippen LogP contribution < -0.4 is 19.5 Å². The van der Waals surface area contributed by atoms with Gasteiger partial charge in [0.2, 0.25) is 5.91 Å². The molecule has 1 N–H and O–H groups in total. The molecular weight excluding hydrogens is 376 g/mol. The minimum atomic E-state index is 0.00830. The molecule has 1 aliphatic heterocycles. The van der Waals surface area contributed by atoms with Crippen LogP contribution in [0, 0.1) is 0 Å². The highest BCUT2D eigenvalue weighted by atomic mass is 32.1. The van der Waals surface area contributed by atoms with Crippen LogP contribution in [0.3, 0.4) is 0 Å². The Hall–Kier alpha value is -2.25. The summed E-state index contributed by atoms with van der Waals surface area (Å²) < 4.78 is 16.1. The van der Waals surface area contributed by atoms with Crippen molar-refractivity contribution in [2.45, 2.75) is 32.4 Å². The Kier molecular flexibility index (Phi) is 6.80. The normalized spacial score (nSPS) is 16.4. The monoisotopic (exact) mass is 404 g/mol. The summed E-state index contributed by atoms with van der Waals surface area (Å²) in [5.41, 5.74) is 2.23. The zero-order valence-corrected chi connectivity index (χ0v) is 17.7. The zero-order chi connectivity index (χ0) is 20.1. The first-order chi connectivity index (χ1) is 13.6. The van der Waals surface area contributed by atoms with Crippen LogP contribution in [0.2, 0.25) is 0 Å². The third kappa shape index (κ3) is 4.25. The topological polar surface area (TPSA) is 60.0 Å². The maximum atomic E-state index is 12.6. The van der Waals surface area contributed by atoms with Gasteiger partial charge in [0.1, 0.15) is 5.75 Å². The van der Waals surface area contributed by atoms with E-state index in [0.717, 1.165) is 24.9 Å². The fourth-order valence-electron chi connectivity index (χ4n) is 3.78. The minimum absolute atomic E-state index is 0.00830. The van der Waals surface area contributed by atoms with Crippen LogP contribution in [0.5, 0.6) is 17.2 Å². The molecule has 2 aromatic rings. The summed E-state index contributed by atoms with van der Waals surface area (Å²) in [4.78, 5) is 16.4. The molecule has 1 aromatic carbocycles. The second-order valence-electron chi connectivity index (χ2n) is 6.74. The number of hydrogen-bond donors (Lipinski definition) is 1. The van der Waals surface area contributed by atoms with Crippen molar-refractivity contribution in [2.24, 2.45) is 0 Å². The molecule has 2 heterocycles. The van der Waals surface area contributed by atoms with E-state index in [4.69, 9.17) is 14.2 Å². The largest absolute Gasteiger partial charge is 0.496 e. The van der Waals surface area contributed by atoms with Gasteiger partial charge >= 0.3 is 0 Å². The molecule has 0 spiro atoms. The lowest BCUT2D eigenvalue weighted by atomic mass is 9.98. The number of amides is 1. The summed E-state index contributed by atoms with van der Waals surface area (Å²) in [6.45, 7) is 3.86. The fraction of sp³-hybridized carbons (Fsp3) is 0.476. The van der Waals surface area contributed by atoms with Gasteiger partial charge in [-0.25, -0.2) is 0 Å². The Morgan fingerprint density at radius 3 is 2.57 bits per heavy atom. The smallest absolute Gasteiger partial charge is 0.234 e. The van der Waals surface area contributed by atoms with E-state index in [2.05, 4.69) is 28.6 Å². The van der Waals surface area contributed by atoms with E-state index in [1.807, 2.05) is 17.4 Å². The summed E-state index contributed by atoms with van der Waals surface area (Å²) in [5, 5.41) is 5.17. The standard InChI is InChI=1S/C21H28N2O4S/c1-5-16-15-7-9-28-20(15)6-8-23(16)13-21(24)22-12-14-10-18(26-3)19(27-4)11-17(14)25-2/h7,9-11,16H,5-6,8,12-13H2,1-4H3,(H,22,24). The van der Waals surface area contributed by atoms with E-state index in [9.17, 15) is 4.79 Å². The van der Waals surface area contributed by atoms with Crippen molar-refractivity contribution in [3.63, 3.8) is 0 Å². The summed E-state index contributed by atoms with van der Waals surface area (Å²) in [6.07, 6.45) is 2.01. The summed E-state index contributed by atoms with van der Waals surface area (Å²) >= 11 is 1.82. The highest BCUT2D eigenvalue weighted by Crippen LogP contribution is 2.36. The lowest BCUT2D eigenvalue weighted by molar-refractivity contribution is -0.123. The molecule has 0 saturated heterocycles. The third-order valence-corrected chi connectivity index (χ3v) is 6.20. The Bertz CT molecular complexity index is 821. The second-order valence-corrected chi connectivity index (χ2v) is 7.74. The molecule has 6 nitrogen and oxygen atoms in total. The van der Waals surface area contributed by atoms with E-state index in [0.29, 0.717) is 36.4 Å². The van der Waals surface area contributed by atoms with E-state index in [1.165, 1.54) is 10.4 Å². The van der Waals surface area contributed by atoms with Crippen molar-refractivity contribution in [3.8, 4) is 17.2 Å². The van der Waals surface area contributed by atoms with E-state index in [1.54, 1.807) is 27.4 Å². The number of fused-ring (bicyclic) bond motifs is 1. The first-order valence-electron chi connectivity index (χ1n) is 9.47. The Morgan fingerprint density at radius 2 is 1.89 bits per heavy atom. The van der Waals surface area contributed by atoms with Gasteiger partial charge in [-0.1, -0.05) is 6.92 Å². The maximum absolute atomic E-state index is 12.6. The van der Waals surface area contributed by atoms with Crippen LogP contribution in [0.1, 0.15) is 35.4 Å². The first kappa shape index (κ1) is 20.5. The van der Waals surface area contributed by atoms with Crippen molar-refractivity contribution in [1.82, 2.24) is 10.2 Å². The van der Waals surface area contributed by atoms with Crippen molar-refractivity contribution in [2.75, 3.05) is 34.4 Å². The van der Waals surface area contributed by atoms with Crippen LogP contribution >= 0.6 is 11.3 Å². The molecule has 0 bridgehead atoms. The number of hydrogen-bond acceptors (Lipinski definition) is 6. The van der Waals surface area contributed by atoms with Crippen molar-refractivity contribution in [1.29, 1.82) is 0 Å². The molecule has 1 aliphatic rings. The molecular formula is C21H28N2O4S. The van der Waals surface area contributed by atoms with Gasteiger partial charge in [-0.3, -0.25) is 9.69 Å². The molecule has 7 heteroatoms. The number of carbonyl (C=O) groups excluding carboxylic acids is 1. The second kappa shape index (κ2) is 9.30. The predicted octanol–water partition coefficient (Wildman–Crippen LogP) is 3.40. The van der Waals surface area contributed by atoms with Crippen LogP contribution in [0.15, 0.2) is 23.6 Å². The Balaban J connectivity index is 1.65. The zero-order valence-electron chi connectivity index (χ0n) is 16.9. The summed E-state index contributed by atoms with van der Waals surface area (Å²) in [5.74, 6) is 1.87. The molecule has 0 fully saturated rings. The third-order valence-electron chi connectivity index (χ3n) is 5.20. The number of thiophene rings is 1. The van der Waals surface area contributed by atoms with Crippen LogP contribution in [0.4, 0.5) is 0 Å². The first-order valence-corrected chi connectivity index (χ1v) is 10.3. The lowest BCUT2D eigenvalue weighted by Crippen LogP contribution is -2.42.